The Kier molecular flexibility index (Phi) is 5.09. The van der Waals surface area contributed by atoms with E-state index < -0.39 is 6.10 Å². The van der Waals surface area contributed by atoms with Crippen LogP contribution in [0.15, 0.2) is 22.9 Å². The van der Waals surface area contributed by atoms with Gasteiger partial charge < -0.3 is 9.52 Å². The molecule has 1 atom stereocenters. The Hall–Kier alpha value is -1.70. The Morgan fingerprint density at radius 1 is 1.17 bits per heavy atom. The second-order valence-corrected chi connectivity index (χ2v) is 6.21. The van der Waals surface area contributed by atoms with E-state index >= 15 is 0 Å². The molecule has 1 saturated heterocycles. The molecule has 0 aliphatic carbocycles. The van der Waals surface area contributed by atoms with Gasteiger partial charge in [-0.15, -0.1) is 0 Å². The van der Waals surface area contributed by atoms with Crippen LogP contribution in [-0.4, -0.2) is 68.5 Å². The molecule has 0 unspecified atom stereocenters. The number of aryl methyl sites for hydroxylation is 2. The third kappa shape index (κ3) is 4.40. The van der Waals surface area contributed by atoms with Crippen LogP contribution in [-0.2, 0) is 13.1 Å². The highest BCUT2D eigenvalue weighted by atomic mass is 16.4. The summed E-state index contributed by atoms with van der Waals surface area (Å²) in [6.07, 6.45) is 3.22. The molecule has 0 spiro atoms. The van der Waals surface area contributed by atoms with Crippen molar-refractivity contribution in [2.45, 2.75) is 33.0 Å². The van der Waals surface area contributed by atoms with Crippen molar-refractivity contribution in [2.24, 2.45) is 0 Å². The second-order valence-electron chi connectivity index (χ2n) is 6.21. The van der Waals surface area contributed by atoms with Crippen molar-refractivity contribution in [1.29, 1.82) is 0 Å². The highest BCUT2D eigenvalue weighted by Crippen LogP contribution is 2.12. The van der Waals surface area contributed by atoms with E-state index in [1.807, 2.05) is 26.1 Å². The van der Waals surface area contributed by atoms with Gasteiger partial charge in [0.2, 0.25) is 5.89 Å². The molecule has 1 aliphatic heterocycles. The highest BCUT2D eigenvalue weighted by molar-refractivity contribution is 5.05. The maximum atomic E-state index is 10.2. The van der Waals surface area contributed by atoms with E-state index in [1.54, 1.807) is 10.9 Å². The number of rotatable bonds is 6. The lowest BCUT2D eigenvalue weighted by Gasteiger charge is -2.34. The molecule has 0 radical (unpaired) electrons. The maximum Gasteiger partial charge on any atom is 0.208 e. The summed E-state index contributed by atoms with van der Waals surface area (Å²) in [7, 11) is 0. The van der Waals surface area contributed by atoms with E-state index in [4.69, 9.17) is 4.42 Å². The fourth-order valence-electron chi connectivity index (χ4n) is 2.91. The monoisotopic (exact) mass is 319 g/mol. The standard InChI is InChI=1S/C16H25N5O2/c1-13-14(2)23-16(18-13)12-20-8-6-19(7-9-20)10-15(22)11-21-5-3-4-17-21/h3-5,15,22H,6-12H2,1-2H3/t15-/m0/s1. The summed E-state index contributed by atoms with van der Waals surface area (Å²) in [5.74, 6) is 1.70. The first-order chi connectivity index (χ1) is 11.1. The number of β-amino-alcohol motifs (C(OH)–C–C–N with tert-alkyl or cyclic N) is 1. The molecule has 7 nitrogen and oxygen atoms in total. The van der Waals surface area contributed by atoms with Gasteiger partial charge in [0.05, 0.1) is 24.9 Å². The van der Waals surface area contributed by atoms with Gasteiger partial charge in [0.1, 0.15) is 5.76 Å². The van der Waals surface area contributed by atoms with Crippen LogP contribution in [0, 0.1) is 13.8 Å². The largest absolute Gasteiger partial charge is 0.444 e. The van der Waals surface area contributed by atoms with Crippen LogP contribution in [0.3, 0.4) is 0 Å². The van der Waals surface area contributed by atoms with Crippen LogP contribution in [0.1, 0.15) is 17.3 Å². The number of aromatic nitrogens is 3. The molecule has 0 aromatic carbocycles. The zero-order valence-corrected chi connectivity index (χ0v) is 13.9. The molecule has 126 valence electrons. The summed E-state index contributed by atoms with van der Waals surface area (Å²) < 4.78 is 7.42. The Morgan fingerprint density at radius 3 is 2.52 bits per heavy atom. The van der Waals surface area contributed by atoms with Crippen LogP contribution in [0.4, 0.5) is 0 Å². The summed E-state index contributed by atoms with van der Waals surface area (Å²) in [5.41, 5.74) is 0.973. The number of aliphatic hydroxyl groups is 1. The second kappa shape index (κ2) is 7.25. The van der Waals surface area contributed by atoms with Crippen LogP contribution in [0.5, 0.6) is 0 Å². The molecule has 0 saturated carbocycles. The first kappa shape index (κ1) is 16.2. The van der Waals surface area contributed by atoms with E-state index in [2.05, 4.69) is 19.9 Å². The van der Waals surface area contributed by atoms with E-state index in [9.17, 15) is 5.11 Å². The molecular weight excluding hydrogens is 294 g/mol. The maximum absolute atomic E-state index is 10.2. The molecule has 0 amide bonds. The van der Waals surface area contributed by atoms with Crippen molar-refractivity contribution in [3.63, 3.8) is 0 Å². The molecule has 1 aliphatic rings. The summed E-state index contributed by atoms with van der Waals surface area (Å²) in [5, 5.41) is 14.3. The first-order valence-corrected chi connectivity index (χ1v) is 8.13. The minimum atomic E-state index is -0.390. The highest BCUT2D eigenvalue weighted by Gasteiger charge is 2.21. The van der Waals surface area contributed by atoms with Crippen molar-refractivity contribution in [3.05, 3.63) is 35.8 Å². The molecule has 1 N–H and O–H groups in total. The van der Waals surface area contributed by atoms with Crippen molar-refractivity contribution in [1.82, 2.24) is 24.6 Å². The molecule has 0 bridgehead atoms. The summed E-state index contributed by atoms with van der Waals surface area (Å²) in [6, 6.07) is 1.87. The van der Waals surface area contributed by atoms with E-state index in [-0.39, 0.29) is 0 Å². The Bertz CT molecular complexity index is 583. The summed E-state index contributed by atoms with van der Waals surface area (Å²) in [6.45, 7) is 9.75. The zero-order chi connectivity index (χ0) is 16.2. The van der Waals surface area contributed by atoms with Crippen molar-refractivity contribution in [3.8, 4) is 0 Å². The van der Waals surface area contributed by atoms with Gasteiger partial charge in [-0.2, -0.15) is 5.10 Å². The van der Waals surface area contributed by atoms with Gasteiger partial charge in [0.15, 0.2) is 0 Å². The molecule has 2 aromatic rings. The Labute approximate surface area is 136 Å². The minimum Gasteiger partial charge on any atom is -0.444 e. The number of piperazine rings is 1. The van der Waals surface area contributed by atoms with Gasteiger partial charge in [0.25, 0.3) is 0 Å². The minimum absolute atomic E-state index is 0.390. The van der Waals surface area contributed by atoms with Crippen LogP contribution >= 0.6 is 0 Å². The Balaban J connectivity index is 1.41. The van der Waals surface area contributed by atoms with Gasteiger partial charge in [-0.1, -0.05) is 0 Å². The molecule has 2 aromatic heterocycles. The van der Waals surface area contributed by atoms with Crippen molar-refractivity contribution in [2.75, 3.05) is 32.7 Å². The summed E-state index contributed by atoms with van der Waals surface area (Å²) in [4.78, 5) is 9.09. The van der Waals surface area contributed by atoms with Crippen molar-refractivity contribution >= 4 is 0 Å². The van der Waals surface area contributed by atoms with Crippen molar-refractivity contribution < 1.29 is 9.52 Å². The van der Waals surface area contributed by atoms with E-state index in [0.717, 1.165) is 50.1 Å². The predicted octanol–water partition coefficient (Wildman–Crippen LogP) is 0.667. The number of nitrogens with zero attached hydrogens (tertiary/aromatic N) is 5. The zero-order valence-electron chi connectivity index (χ0n) is 13.9. The Morgan fingerprint density at radius 2 is 1.91 bits per heavy atom. The number of oxazole rings is 1. The lowest BCUT2D eigenvalue weighted by molar-refractivity contribution is 0.0581. The van der Waals surface area contributed by atoms with E-state index in [1.165, 1.54) is 0 Å². The SMILES string of the molecule is Cc1nc(CN2CCN(C[C@H](O)Cn3cccn3)CC2)oc1C. The third-order valence-corrected chi connectivity index (χ3v) is 4.32. The molecular formula is C16H25N5O2. The smallest absolute Gasteiger partial charge is 0.208 e. The predicted molar refractivity (Wildman–Crippen MR) is 85.9 cm³/mol. The molecule has 3 heterocycles. The van der Waals surface area contributed by atoms with Gasteiger partial charge in [-0.25, -0.2) is 4.98 Å². The summed E-state index contributed by atoms with van der Waals surface area (Å²) >= 11 is 0. The van der Waals surface area contributed by atoms with Crippen LogP contribution < -0.4 is 0 Å². The van der Waals surface area contributed by atoms with Crippen LogP contribution in [0.2, 0.25) is 0 Å². The van der Waals surface area contributed by atoms with E-state index in [0.29, 0.717) is 13.1 Å². The third-order valence-electron chi connectivity index (χ3n) is 4.32. The molecule has 23 heavy (non-hydrogen) atoms. The average Bonchev–Trinajstić information content (AvgIpc) is 3.12. The molecule has 1 fully saturated rings. The normalized spacial score (nSPS) is 18.4. The van der Waals surface area contributed by atoms with Crippen LogP contribution in [0.25, 0.3) is 0 Å². The number of hydrogen-bond acceptors (Lipinski definition) is 6. The molecule has 3 rings (SSSR count). The fourth-order valence-corrected chi connectivity index (χ4v) is 2.91. The van der Waals surface area contributed by atoms with Gasteiger partial charge in [0, 0.05) is 45.1 Å². The quantitative estimate of drug-likeness (QED) is 0.844. The fraction of sp³-hybridized carbons (Fsp3) is 0.625. The van der Waals surface area contributed by atoms with Gasteiger partial charge in [-0.05, 0) is 19.9 Å². The van der Waals surface area contributed by atoms with Gasteiger partial charge >= 0.3 is 0 Å². The topological polar surface area (TPSA) is 70.6 Å². The lowest BCUT2D eigenvalue weighted by Crippen LogP contribution is -2.48. The molecule has 7 heteroatoms. The first-order valence-electron chi connectivity index (χ1n) is 8.13. The lowest BCUT2D eigenvalue weighted by atomic mass is 10.2. The van der Waals surface area contributed by atoms with Gasteiger partial charge in [-0.3, -0.25) is 14.5 Å². The average molecular weight is 319 g/mol. The number of aliphatic hydroxyl groups excluding tert-OH is 1. The number of hydrogen-bond donors (Lipinski definition) is 1.